The number of aromatic nitrogens is 6. The Morgan fingerprint density at radius 2 is 0.732 bits per heavy atom. The maximum absolute atomic E-state index is 8.55. The zero-order valence-electron chi connectivity index (χ0n) is 22.4. The normalized spacial score (nSPS) is 10.2. The molecule has 0 aliphatic carbocycles. The molecule has 3 N–H and O–H groups in total. The molecule has 0 atom stereocenters. The van der Waals surface area contributed by atoms with Crippen molar-refractivity contribution in [2.45, 2.75) is 19.6 Å². The predicted molar refractivity (Wildman–Crippen MR) is 147 cm³/mol. The predicted octanol–water partition coefficient (Wildman–Crippen LogP) is 1.23. The molecular formula is C30H33N6O4P. The highest BCUT2D eigenvalue weighted by molar-refractivity contribution is 7.40. The third-order valence-electron chi connectivity index (χ3n) is 5.43. The largest absolute Gasteiger partial charge is 0.822 e. The van der Waals surface area contributed by atoms with Crippen molar-refractivity contribution in [2.75, 3.05) is 0 Å². The molecule has 3 heterocycles. The van der Waals surface area contributed by atoms with Gasteiger partial charge in [-0.1, -0.05) is 91.0 Å². The summed E-state index contributed by atoms with van der Waals surface area (Å²) in [6.07, 6.45) is 17.7. The summed E-state index contributed by atoms with van der Waals surface area (Å²) in [6, 6.07) is 31.2. The summed E-state index contributed by atoms with van der Waals surface area (Å²) < 4.78 is 14.9. The first-order valence-electron chi connectivity index (χ1n) is 12.8. The Hall–Kier alpha value is -4.60. The van der Waals surface area contributed by atoms with Gasteiger partial charge in [0.25, 0.3) is 0 Å². The van der Waals surface area contributed by atoms with Crippen LogP contribution in [0.3, 0.4) is 0 Å². The van der Waals surface area contributed by atoms with Crippen molar-refractivity contribution < 1.29 is 32.9 Å². The van der Waals surface area contributed by atoms with E-state index in [0.29, 0.717) is 0 Å². The number of nitrogens with one attached hydrogen (secondary N) is 3. The van der Waals surface area contributed by atoms with Gasteiger partial charge >= 0.3 is 0 Å². The highest BCUT2D eigenvalue weighted by Gasteiger charge is 1.98. The molecule has 11 heteroatoms. The number of hydrogen-bond donors (Lipinski definition) is 3. The van der Waals surface area contributed by atoms with Crippen molar-refractivity contribution in [3.63, 3.8) is 0 Å². The van der Waals surface area contributed by atoms with E-state index in [9.17, 15) is 0 Å². The number of rotatable bonds is 6. The molecule has 6 rings (SSSR count). The summed E-state index contributed by atoms with van der Waals surface area (Å²) in [5.41, 5.74) is 3.96. The molecule has 0 amide bonds. The lowest BCUT2D eigenvalue weighted by molar-refractivity contribution is -0.687. The smallest absolute Gasteiger partial charge is 0.241 e. The summed E-state index contributed by atoms with van der Waals surface area (Å²) in [5, 5.41) is 0. The fraction of sp³-hybridized carbons (Fsp3) is 0.100. The third kappa shape index (κ3) is 14.4. The molecule has 0 fully saturated rings. The number of benzene rings is 3. The molecule has 0 aliphatic rings. The Labute approximate surface area is 239 Å². The molecule has 0 unspecified atom stereocenters. The van der Waals surface area contributed by atoms with Gasteiger partial charge in [-0.05, 0) is 16.7 Å². The quantitative estimate of drug-likeness (QED) is 0.204. The van der Waals surface area contributed by atoms with E-state index in [-0.39, 0.29) is 0 Å². The molecule has 0 aliphatic heterocycles. The van der Waals surface area contributed by atoms with Gasteiger partial charge < -0.3 is 19.2 Å². The van der Waals surface area contributed by atoms with Gasteiger partial charge in [-0.2, -0.15) is 7.82 Å². The van der Waals surface area contributed by atoms with E-state index >= 15 is 0 Å². The maximum Gasteiger partial charge on any atom is 0.241 e. The number of aromatic amines is 3. The van der Waals surface area contributed by atoms with Gasteiger partial charge in [-0.15, -0.1) is 0 Å². The first-order valence-corrected chi connectivity index (χ1v) is 14.2. The summed E-state index contributed by atoms with van der Waals surface area (Å²) in [5.74, 6) is 0. The van der Waals surface area contributed by atoms with Crippen molar-refractivity contribution in [1.82, 2.24) is 15.0 Å². The van der Waals surface area contributed by atoms with Gasteiger partial charge in [-0.3, -0.25) is 15.0 Å². The van der Waals surface area contributed by atoms with Crippen LogP contribution in [0.1, 0.15) is 16.7 Å². The lowest BCUT2D eigenvalue weighted by Gasteiger charge is -2.36. The van der Waals surface area contributed by atoms with Crippen LogP contribution in [-0.4, -0.2) is 15.0 Å². The van der Waals surface area contributed by atoms with E-state index < -0.39 is 7.82 Å². The van der Waals surface area contributed by atoms with E-state index in [4.69, 9.17) is 19.2 Å². The van der Waals surface area contributed by atoms with Crippen LogP contribution in [0.4, 0.5) is 0 Å². The minimum Gasteiger partial charge on any atom is -0.822 e. The monoisotopic (exact) mass is 572 g/mol. The fourth-order valence-corrected chi connectivity index (χ4v) is 3.64. The van der Waals surface area contributed by atoms with Crippen LogP contribution in [0.25, 0.3) is 0 Å². The van der Waals surface area contributed by atoms with E-state index in [1.165, 1.54) is 16.7 Å². The Balaban J connectivity index is 0.000000157. The molecule has 3 aromatic heterocycles. The second kappa shape index (κ2) is 17.2. The number of H-pyrrole nitrogens is 3. The molecule has 6 aromatic rings. The minimum absolute atomic E-state index is 0.935. The van der Waals surface area contributed by atoms with Crippen LogP contribution in [-0.2, 0) is 24.2 Å². The summed E-state index contributed by atoms with van der Waals surface area (Å²) in [4.78, 5) is 34.7. The minimum atomic E-state index is -5.39. The van der Waals surface area contributed by atoms with Gasteiger partial charge in [0.1, 0.15) is 56.8 Å². The van der Waals surface area contributed by atoms with Gasteiger partial charge in [0.05, 0.1) is 0 Å². The molecule has 3 aromatic carbocycles. The Kier molecular flexibility index (Phi) is 13.0. The highest BCUT2D eigenvalue weighted by atomic mass is 31.2. The lowest BCUT2D eigenvalue weighted by atomic mass is 10.2. The van der Waals surface area contributed by atoms with Gasteiger partial charge in [0, 0.05) is 0 Å². The number of nitrogens with zero attached hydrogens (tertiary/aromatic N) is 3. The number of imidazole rings is 3. The standard InChI is InChI=1S/3C10H10N2.H3O4P/c3*1-2-4-10(5-3-1)8-12-7-6-11-9-12;1-5(2,3)4/h3*1-7,9H,8H2;(H3,1,2,3,4). The molecule has 0 saturated carbocycles. The first kappa shape index (κ1) is 30.9. The SMILES string of the molecule is O=P([O-])([O-])[O-].c1ccc(C[n+]2cc[nH]c2)cc1.c1ccc(C[n+]2cc[nH]c2)cc1.c1ccc(C[n+]2cc[nH]c2)cc1. The lowest BCUT2D eigenvalue weighted by Crippen LogP contribution is -2.30. The summed E-state index contributed by atoms with van der Waals surface area (Å²) in [6.45, 7) is 2.80. The topological polar surface area (TPSA) is 145 Å². The van der Waals surface area contributed by atoms with Crippen LogP contribution in [0.15, 0.2) is 147 Å². The van der Waals surface area contributed by atoms with Crippen LogP contribution < -0.4 is 28.4 Å². The van der Waals surface area contributed by atoms with Crippen LogP contribution in [0.5, 0.6) is 0 Å². The molecule has 0 radical (unpaired) electrons. The average molecular weight is 573 g/mol. The van der Waals surface area contributed by atoms with Gasteiger partial charge in [0.2, 0.25) is 19.0 Å². The second-order valence-electron chi connectivity index (χ2n) is 8.76. The molecule has 10 nitrogen and oxygen atoms in total. The number of hydrogen-bond acceptors (Lipinski definition) is 4. The van der Waals surface area contributed by atoms with Crippen molar-refractivity contribution in [3.05, 3.63) is 164 Å². The van der Waals surface area contributed by atoms with Crippen LogP contribution >= 0.6 is 7.82 Å². The Morgan fingerprint density at radius 1 is 0.488 bits per heavy atom. The molecule has 212 valence electrons. The van der Waals surface area contributed by atoms with Crippen molar-refractivity contribution in [2.24, 2.45) is 0 Å². The Morgan fingerprint density at radius 3 is 0.927 bits per heavy atom. The van der Waals surface area contributed by atoms with E-state index in [2.05, 4.69) is 101 Å². The third-order valence-corrected chi connectivity index (χ3v) is 5.43. The van der Waals surface area contributed by atoms with Crippen molar-refractivity contribution >= 4 is 7.82 Å². The maximum atomic E-state index is 8.55. The fourth-order valence-electron chi connectivity index (χ4n) is 3.64. The average Bonchev–Trinajstić information content (AvgIpc) is 3.76. The van der Waals surface area contributed by atoms with Crippen molar-refractivity contribution in [3.8, 4) is 0 Å². The van der Waals surface area contributed by atoms with Crippen LogP contribution in [0, 0.1) is 0 Å². The molecular weight excluding hydrogens is 539 g/mol. The number of phosphoric acid groups is 1. The van der Waals surface area contributed by atoms with Gasteiger partial charge in [0.15, 0.2) is 0 Å². The summed E-state index contributed by atoms with van der Waals surface area (Å²) in [7, 11) is -5.39. The molecule has 0 bridgehead atoms. The van der Waals surface area contributed by atoms with Crippen molar-refractivity contribution in [1.29, 1.82) is 0 Å². The molecule has 41 heavy (non-hydrogen) atoms. The molecule has 0 spiro atoms. The van der Waals surface area contributed by atoms with E-state index in [0.717, 1.165) is 19.6 Å². The second-order valence-corrected chi connectivity index (χ2v) is 9.65. The Bertz CT molecular complexity index is 1310. The molecule has 0 saturated heterocycles. The highest BCUT2D eigenvalue weighted by Crippen LogP contribution is 2.03. The first-order chi connectivity index (χ1) is 19.8. The van der Waals surface area contributed by atoms with Crippen LogP contribution in [0.2, 0.25) is 0 Å². The van der Waals surface area contributed by atoms with E-state index in [1.807, 2.05) is 74.4 Å². The van der Waals surface area contributed by atoms with E-state index in [1.54, 1.807) is 0 Å². The zero-order chi connectivity index (χ0) is 29.2. The van der Waals surface area contributed by atoms with Gasteiger partial charge in [-0.25, -0.2) is 13.7 Å². The summed E-state index contributed by atoms with van der Waals surface area (Å²) >= 11 is 0. The zero-order valence-corrected chi connectivity index (χ0v) is 23.3.